The van der Waals surface area contributed by atoms with Crippen molar-refractivity contribution in [1.82, 2.24) is 5.32 Å². The molecule has 7 heteroatoms. The fraction of sp³-hybridized carbons (Fsp3) is 0.533. The van der Waals surface area contributed by atoms with Gasteiger partial charge in [-0.25, -0.2) is 0 Å². The first-order valence-corrected chi connectivity index (χ1v) is 8.35. The lowest BCUT2D eigenvalue weighted by Crippen LogP contribution is -2.38. The first-order chi connectivity index (χ1) is 10.1. The van der Waals surface area contributed by atoms with Crippen LogP contribution in [-0.2, 0) is 4.79 Å². The number of β-amino-alcohol motifs (C(OH)–C–C–N with tert-alkyl or cyclic N) is 1. The Kier molecular flexibility index (Phi) is 7.49. The molecule has 0 bridgehead atoms. The second-order valence-electron chi connectivity index (χ2n) is 6.03. The Balaban J connectivity index is 2.86. The number of amides is 1. The molecule has 0 saturated carbocycles. The highest BCUT2D eigenvalue weighted by atomic mass is 35.5. The van der Waals surface area contributed by atoms with Gasteiger partial charge >= 0.3 is 0 Å². The van der Waals surface area contributed by atoms with E-state index < -0.39 is 6.10 Å². The summed E-state index contributed by atoms with van der Waals surface area (Å²) in [5.41, 5.74) is 0.851. The van der Waals surface area contributed by atoms with Crippen molar-refractivity contribution in [3.05, 3.63) is 27.7 Å². The number of anilines is 1. The lowest BCUT2D eigenvalue weighted by molar-refractivity contribution is -0.115. The predicted octanol–water partition coefficient (Wildman–Crippen LogP) is 3.67. The third kappa shape index (κ3) is 6.34. The van der Waals surface area contributed by atoms with E-state index in [-0.39, 0.29) is 17.9 Å². The minimum atomic E-state index is -0.739. The molecule has 0 saturated heterocycles. The SMILES string of the molecule is CC(C)(C)NCC(O)c1cc(Cl)c(NC(=O)CCS)c(Cl)c1. The summed E-state index contributed by atoms with van der Waals surface area (Å²) >= 11 is 16.3. The highest BCUT2D eigenvalue weighted by Crippen LogP contribution is 2.34. The van der Waals surface area contributed by atoms with Crippen LogP contribution in [0.2, 0.25) is 10.0 Å². The van der Waals surface area contributed by atoms with Crippen LogP contribution in [0.1, 0.15) is 38.9 Å². The smallest absolute Gasteiger partial charge is 0.225 e. The molecular formula is C15H22Cl2N2O2S. The Morgan fingerprint density at radius 1 is 1.32 bits per heavy atom. The standard InChI is InChI=1S/C15H22Cl2N2O2S/c1-15(2,3)18-8-12(20)9-6-10(16)14(11(17)7-9)19-13(21)4-5-22/h6-7,12,18,20,22H,4-5,8H2,1-3H3,(H,19,21). The van der Waals surface area contributed by atoms with E-state index in [1.165, 1.54) is 0 Å². The van der Waals surface area contributed by atoms with Crippen molar-refractivity contribution in [2.24, 2.45) is 0 Å². The number of nitrogens with one attached hydrogen (secondary N) is 2. The van der Waals surface area contributed by atoms with Gasteiger partial charge in [-0.3, -0.25) is 4.79 Å². The van der Waals surface area contributed by atoms with Crippen molar-refractivity contribution in [1.29, 1.82) is 0 Å². The van der Waals surface area contributed by atoms with Crippen molar-refractivity contribution in [2.75, 3.05) is 17.6 Å². The summed E-state index contributed by atoms with van der Waals surface area (Å²) in [4.78, 5) is 11.6. The monoisotopic (exact) mass is 364 g/mol. The van der Waals surface area contributed by atoms with Gasteiger partial charge in [-0.05, 0) is 44.2 Å². The zero-order valence-corrected chi connectivity index (χ0v) is 15.3. The molecule has 1 atom stereocenters. The fourth-order valence-corrected chi connectivity index (χ4v) is 2.53. The van der Waals surface area contributed by atoms with E-state index in [4.69, 9.17) is 23.2 Å². The molecule has 1 aromatic rings. The molecule has 0 aliphatic rings. The van der Waals surface area contributed by atoms with Crippen LogP contribution in [0.25, 0.3) is 0 Å². The van der Waals surface area contributed by atoms with Crippen LogP contribution in [0.3, 0.4) is 0 Å². The van der Waals surface area contributed by atoms with Crippen molar-refractivity contribution < 1.29 is 9.90 Å². The number of aliphatic hydroxyl groups is 1. The Bertz CT molecular complexity index is 510. The van der Waals surface area contributed by atoms with Crippen LogP contribution in [0, 0.1) is 0 Å². The number of hydrogen-bond acceptors (Lipinski definition) is 4. The molecule has 22 heavy (non-hydrogen) atoms. The molecule has 1 amide bonds. The number of hydrogen-bond donors (Lipinski definition) is 4. The summed E-state index contributed by atoms with van der Waals surface area (Å²) < 4.78 is 0. The van der Waals surface area contributed by atoms with Gasteiger partial charge in [-0.1, -0.05) is 23.2 Å². The summed E-state index contributed by atoms with van der Waals surface area (Å²) in [5, 5.41) is 16.7. The highest BCUT2D eigenvalue weighted by Gasteiger charge is 2.17. The fourth-order valence-electron chi connectivity index (χ4n) is 1.73. The van der Waals surface area contributed by atoms with Gasteiger partial charge in [-0.15, -0.1) is 0 Å². The van der Waals surface area contributed by atoms with E-state index in [9.17, 15) is 9.90 Å². The molecule has 0 aromatic heterocycles. The first-order valence-electron chi connectivity index (χ1n) is 6.97. The van der Waals surface area contributed by atoms with E-state index in [2.05, 4.69) is 23.3 Å². The number of carbonyl (C=O) groups is 1. The third-order valence-corrected chi connectivity index (χ3v) is 3.70. The van der Waals surface area contributed by atoms with Gasteiger partial charge in [0.05, 0.1) is 21.8 Å². The average Bonchev–Trinajstić information content (AvgIpc) is 2.39. The molecule has 0 spiro atoms. The maximum absolute atomic E-state index is 11.6. The van der Waals surface area contributed by atoms with Gasteiger partial charge in [-0.2, -0.15) is 12.6 Å². The van der Waals surface area contributed by atoms with Crippen LogP contribution in [0.4, 0.5) is 5.69 Å². The van der Waals surface area contributed by atoms with Crippen LogP contribution < -0.4 is 10.6 Å². The van der Waals surface area contributed by atoms with E-state index in [1.807, 2.05) is 20.8 Å². The Morgan fingerprint density at radius 2 is 1.86 bits per heavy atom. The maximum Gasteiger partial charge on any atom is 0.225 e. The lowest BCUT2D eigenvalue weighted by atomic mass is 10.1. The van der Waals surface area contributed by atoms with E-state index >= 15 is 0 Å². The van der Waals surface area contributed by atoms with Crippen molar-refractivity contribution in [2.45, 2.75) is 38.8 Å². The number of thiol groups is 1. The van der Waals surface area contributed by atoms with Crippen molar-refractivity contribution in [3.8, 4) is 0 Å². The van der Waals surface area contributed by atoms with E-state index in [1.54, 1.807) is 12.1 Å². The lowest BCUT2D eigenvalue weighted by Gasteiger charge is -2.23. The molecule has 1 aromatic carbocycles. The van der Waals surface area contributed by atoms with E-state index in [0.29, 0.717) is 33.6 Å². The Labute approximate surface area is 147 Å². The molecule has 0 aliphatic carbocycles. The van der Waals surface area contributed by atoms with Crippen LogP contribution in [0.15, 0.2) is 12.1 Å². The zero-order chi connectivity index (χ0) is 16.9. The van der Waals surface area contributed by atoms with Gasteiger partial charge in [0, 0.05) is 18.5 Å². The number of aliphatic hydroxyl groups excluding tert-OH is 1. The van der Waals surface area contributed by atoms with Crippen LogP contribution in [0.5, 0.6) is 0 Å². The van der Waals surface area contributed by atoms with Crippen LogP contribution in [-0.4, -0.2) is 28.9 Å². The quantitative estimate of drug-likeness (QED) is 0.582. The molecule has 1 rings (SSSR count). The normalized spacial score (nSPS) is 13.0. The molecule has 124 valence electrons. The first kappa shape index (κ1) is 19.6. The highest BCUT2D eigenvalue weighted by molar-refractivity contribution is 7.80. The number of benzene rings is 1. The number of rotatable bonds is 6. The largest absolute Gasteiger partial charge is 0.387 e. The summed E-state index contributed by atoms with van der Waals surface area (Å²) in [6.45, 7) is 6.42. The van der Waals surface area contributed by atoms with Gasteiger partial charge in [0.15, 0.2) is 0 Å². The average molecular weight is 365 g/mol. The van der Waals surface area contributed by atoms with Crippen LogP contribution >= 0.6 is 35.8 Å². The molecule has 3 N–H and O–H groups in total. The summed E-state index contributed by atoms with van der Waals surface area (Å²) in [7, 11) is 0. The van der Waals surface area contributed by atoms with Gasteiger partial charge in [0.2, 0.25) is 5.91 Å². The predicted molar refractivity (Wildman–Crippen MR) is 96.3 cm³/mol. The Hall–Kier alpha value is -0.460. The van der Waals surface area contributed by atoms with Crippen molar-refractivity contribution in [3.63, 3.8) is 0 Å². The minimum absolute atomic E-state index is 0.102. The molecule has 0 fully saturated rings. The Morgan fingerprint density at radius 3 is 2.32 bits per heavy atom. The number of carbonyl (C=O) groups excluding carboxylic acids is 1. The second-order valence-corrected chi connectivity index (χ2v) is 7.29. The van der Waals surface area contributed by atoms with E-state index in [0.717, 1.165) is 0 Å². The molecular weight excluding hydrogens is 343 g/mol. The maximum atomic E-state index is 11.6. The molecule has 1 unspecified atom stereocenters. The molecule has 4 nitrogen and oxygen atoms in total. The number of halogens is 2. The van der Waals surface area contributed by atoms with Gasteiger partial charge in [0.1, 0.15) is 0 Å². The second kappa shape index (κ2) is 8.41. The molecule has 0 heterocycles. The summed E-state index contributed by atoms with van der Waals surface area (Å²) in [6, 6.07) is 3.22. The van der Waals surface area contributed by atoms with Gasteiger partial charge in [0.25, 0.3) is 0 Å². The van der Waals surface area contributed by atoms with Gasteiger partial charge < -0.3 is 15.7 Å². The third-order valence-electron chi connectivity index (χ3n) is 2.88. The topological polar surface area (TPSA) is 61.4 Å². The summed E-state index contributed by atoms with van der Waals surface area (Å²) in [5.74, 6) is 0.234. The molecule has 0 aliphatic heterocycles. The van der Waals surface area contributed by atoms with Crippen molar-refractivity contribution >= 4 is 47.4 Å². The summed E-state index contributed by atoms with van der Waals surface area (Å²) in [6.07, 6.45) is -0.466. The zero-order valence-electron chi connectivity index (χ0n) is 12.9. The molecule has 0 radical (unpaired) electrons. The minimum Gasteiger partial charge on any atom is -0.387 e.